The van der Waals surface area contributed by atoms with Crippen LogP contribution in [0.5, 0.6) is 0 Å². The Morgan fingerprint density at radius 3 is 2.86 bits per heavy atom. The number of hydrogen-bond acceptors (Lipinski definition) is 5. The zero-order valence-electron chi connectivity index (χ0n) is 16.0. The van der Waals surface area contributed by atoms with Gasteiger partial charge in [-0.1, -0.05) is 6.07 Å². The van der Waals surface area contributed by atoms with E-state index in [4.69, 9.17) is 0 Å². The molecule has 0 bridgehead atoms. The molecule has 4 rings (SSSR count). The van der Waals surface area contributed by atoms with Crippen LogP contribution < -0.4 is 5.32 Å². The molecule has 0 fully saturated rings. The third-order valence-electron chi connectivity index (χ3n) is 4.56. The van der Waals surface area contributed by atoms with Crippen molar-refractivity contribution in [2.75, 3.05) is 7.05 Å². The number of imidazole rings is 1. The van der Waals surface area contributed by atoms with Gasteiger partial charge in [-0.25, -0.2) is 14.6 Å². The van der Waals surface area contributed by atoms with Gasteiger partial charge in [-0.15, -0.1) is 0 Å². The van der Waals surface area contributed by atoms with Gasteiger partial charge in [-0.05, 0) is 43.2 Å². The first-order valence-electron chi connectivity index (χ1n) is 9.05. The van der Waals surface area contributed by atoms with Gasteiger partial charge in [0.2, 0.25) is 5.91 Å². The average molecular weight is 375 g/mol. The molecule has 8 nitrogen and oxygen atoms in total. The number of pyridine rings is 1. The van der Waals surface area contributed by atoms with Crippen LogP contribution in [0.1, 0.15) is 28.6 Å². The van der Waals surface area contributed by atoms with Crippen LogP contribution in [0, 0.1) is 13.8 Å². The van der Waals surface area contributed by atoms with Crippen LogP contribution in [0.15, 0.2) is 36.7 Å². The lowest BCUT2D eigenvalue weighted by atomic mass is 10.1. The number of nitrogens with zero attached hydrogens (tertiary/aromatic N) is 5. The van der Waals surface area contributed by atoms with Crippen molar-refractivity contribution in [2.24, 2.45) is 0 Å². The summed E-state index contributed by atoms with van der Waals surface area (Å²) in [6.07, 6.45) is 4.24. The molecule has 3 heterocycles. The van der Waals surface area contributed by atoms with Gasteiger partial charge < -0.3 is 10.3 Å². The number of fused-ring (bicyclic) bond motifs is 1. The minimum Gasteiger partial charge on any atom is -0.359 e. The predicted molar refractivity (Wildman–Crippen MR) is 105 cm³/mol. The number of benzene rings is 1. The van der Waals surface area contributed by atoms with E-state index in [0.29, 0.717) is 12.2 Å². The van der Waals surface area contributed by atoms with Gasteiger partial charge in [-0.2, -0.15) is 5.10 Å². The first kappa shape index (κ1) is 17.8. The summed E-state index contributed by atoms with van der Waals surface area (Å²) in [4.78, 5) is 28.3. The molecule has 3 aromatic heterocycles. The molecule has 0 aliphatic heterocycles. The fourth-order valence-electron chi connectivity index (χ4n) is 3.19. The van der Waals surface area contributed by atoms with E-state index in [1.54, 1.807) is 24.1 Å². The van der Waals surface area contributed by atoms with Gasteiger partial charge >= 0.3 is 0 Å². The summed E-state index contributed by atoms with van der Waals surface area (Å²) in [6.45, 7) is 3.92. The van der Waals surface area contributed by atoms with Crippen molar-refractivity contribution >= 4 is 16.9 Å². The molecule has 0 aliphatic rings. The second-order valence-electron chi connectivity index (χ2n) is 6.72. The number of rotatable bonds is 5. The second-order valence-corrected chi connectivity index (χ2v) is 6.72. The third kappa shape index (κ3) is 3.48. The lowest BCUT2D eigenvalue weighted by Gasteiger charge is -2.08. The average Bonchev–Trinajstić information content (AvgIpc) is 3.23. The van der Waals surface area contributed by atoms with Gasteiger partial charge in [0.1, 0.15) is 11.6 Å². The number of carbonyl (C=O) groups is 1. The number of carbonyl (C=O) groups excluding carboxylic acids is 1. The van der Waals surface area contributed by atoms with Crippen molar-refractivity contribution in [1.82, 2.24) is 35.0 Å². The molecule has 0 spiro atoms. The van der Waals surface area contributed by atoms with Crippen molar-refractivity contribution < 1.29 is 4.79 Å². The smallest absolute Gasteiger partial charge is 0.227 e. The van der Waals surface area contributed by atoms with Gasteiger partial charge in [0, 0.05) is 25.9 Å². The fraction of sp³-hybridized carbons (Fsp3) is 0.250. The Kier molecular flexibility index (Phi) is 4.60. The maximum atomic E-state index is 11.8. The quantitative estimate of drug-likeness (QED) is 0.556. The number of hydrogen-bond donors (Lipinski definition) is 2. The van der Waals surface area contributed by atoms with E-state index < -0.39 is 0 Å². The molecule has 0 radical (unpaired) electrons. The van der Waals surface area contributed by atoms with Crippen molar-refractivity contribution in [3.05, 3.63) is 65.3 Å². The molecule has 0 unspecified atom stereocenters. The van der Waals surface area contributed by atoms with Gasteiger partial charge in [0.25, 0.3) is 0 Å². The fourth-order valence-corrected chi connectivity index (χ4v) is 3.19. The molecule has 4 aromatic rings. The number of amides is 1. The Hall–Kier alpha value is -3.55. The second kappa shape index (κ2) is 7.22. The first-order chi connectivity index (χ1) is 13.5. The van der Waals surface area contributed by atoms with Crippen LogP contribution in [-0.2, 0) is 17.6 Å². The summed E-state index contributed by atoms with van der Waals surface area (Å²) in [5.41, 5.74) is 4.90. The Labute approximate surface area is 162 Å². The Balaban J connectivity index is 1.74. The summed E-state index contributed by atoms with van der Waals surface area (Å²) in [6, 6.07) is 8.02. The number of nitrogens with one attached hydrogen (secondary N) is 2. The highest BCUT2D eigenvalue weighted by atomic mass is 16.1. The Morgan fingerprint density at radius 2 is 2.07 bits per heavy atom. The largest absolute Gasteiger partial charge is 0.359 e. The van der Waals surface area contributed by atoms with Crippen LogP contribution >= 0.6 is 0 Å². The van der Waals surface area contributed by atoms with Crippen molar-refractivity contribution in [3.63, 3.8) is 0 Å². The van der Waals surface area contributed by atoms with E-state index in [-0.39, 0.29) is 12.3 Å². The third-order valence-corrected chi connectivity index (χ3v) is 4.56. The molecule has 1 aromatic carbocycles. The molecule has 28 heavy (non-hydrogen) atoms. The maximum absolute atomic E-state index is 11.8. The lowest BCUT2D eigenvalue weighted by molar-refractivity contribution is -0.120. The molecule has 2 N–H and O–H groups in total. The van der Waals surface area contributed by atoms with Crippen LogP contribution in [0.2, 0.25) is 0 Å². The molecular formula is C20H21N7O. The Bertz CT molecular complexity index is 1160. The van der Waals surface area contributed by atoms with Crippen LogP contribution in [0.4, 0.5) is 0 Å². The standard InChI is InChI=1S/C20H21N7O/c1-12-11-22-7-6-17(12)27-19(25-18(26-27)10-20(28)21-3)9-14-4-5-15-16(8-14)24-13(2)23-15/h4-8,11H,9-10H2,1-3H3,(H,21,28)(H,23,24). The van der Waals surface area contributed by atoms with E-state index >= 15 is 0 Å². The normalized spacial score (nSPS) is 11.1. The van der Waals surface area contributed by atoms with Crippen LogP contribution in [0.25, 0.3) is 16.7 Å². The summed E-state index contributed by atoms with van der Waals surface area (Å²) < 4.78 is 1.80. The minimum absolute atomic E-state index is 0.121. The van der Waals surface area contributed by atoms with Gasteiger partial charge in [-0.3, -0.25) is 9.78 Å². The molecule has 0 saturated carbocycles. The highest BCUT2D eigenvalue weighted by Gasteiger charge is 2.16. The highest BCUT2D eigenvalue weighted by molar-refractivity contribution is 5.77. The van der Waals surface area contributed by atoms with Crippen LogP contribution in [0.3, 0.4) is 0 Å². The summed E-state index contributed by atoms with van der Waals surface area (Å²) in [7, 11) is 1.61. The van der Waals surface area contributed by atoms with Crippen molar-refractivity contribution in [2.45, 2.75) is 26.7 Å². The summed E-state index contributed by atoms with van der Waals surface area (Å²) in [5, 5.41) is 7.20. The number of aryl methyl sites for hydroxylation is 2. The minimum atomic E-state index is -0.121. The number of likely N-dealkylation sites (N-methyl/N-ethyl adjacent to an activating group) is 1. The molecule has 0 saturated heterocycles. The molecular weight excluding hydrogens is 354 g/mol. The topological polar surface area (TPSA) is 101 Å². The lowest BCUT2D eigenvalue weighted by Crippen LogP contribution is -2.20. The van der Waals surface area contributed by atoms with E-state index in [1.807, 2.05) is 32.0 Å². The summed E-state index contributed by atoms with van der Waals surface area (Å²) >= 11 is 0. The van der Waals surface area contributed by atoms with Gasteiger partial charge in [0.15, 0.2) is 5.82 Å². The monoisotopic (exact) mass is 375 g/mol. The van der Waals surface area contributed by atoms with Crippen molar-refractivity contribution in [1.29, 1.82) is 0 Å². The zero-order chi connectivity index (χ0) is 19.7. The molecule has 8 heteroatoms. The molecule has 0 aliphatic carbocycles. The Morgan fingerprint density at radius 1 is 1.21 bits per heavy atom. The summed E-state index contributed by atoms with van der Waals surface area (Å²) in [5.74, 6) is 2.02. The number of H-pyrrole nitrogens is 1. The molecule has 1 amide bonds. The number of aromatic amines is 1. The van der Waals surface area contributed by atoms with Crippen LogP contribution in [-0.4, -0.2) is 42.7 Å². The number of aromatic nitrogens is 6. The van der Waals surface area contributed by atoms with E-state index in [2.05, 4.69) is 36.4 Å². The van der Waals surface area contributed by atoms with E-state index in [9.17, 15) is 4.79 Å². The van der Waals surface area contributed by atoms with Crippen molar-refractivity contribution in [3.8, 4) is 5.69 Å². The highest BCUT2D eigenvalue weighted by Crippen LogP contribution is 2.19. The first-order valence-corrected chi connectivity index (χ1v) is 9.05. The zero-order valence-corrected chi connectivity index (χ0v) is 16.0. The maximum Gasteiger partial charge on any atom is 0.227 e. The SMILES string of the molecule is CNC(=O)Cc1nc(Cc2ccc3nc(C)[nH]c3c2)n(-c2ccncc2C)n1. The molecule has 142 valence electrons. The van der Waals surface area contributed by atoms with Gasteiger partial charge in [0.05, 0.1) is 23.1 Å². The van der Waals surface area contributed by atoms with E-state index in [1.165, 1.54) is 0 Å². The van der Waals surface area contributed by atoms with E-state index in [0.717, 1.165) is 39.5 Å². The molecule has 0 atom stereocenters. The predicted octanol–water partition coefficient (Wildman–Crippen LogP) is 2.03.